The predicted octanol–water partition coefficient (Wildman–Crippen LogP) is 4.45. The molecule has 1 aromatic heterocycles. The van der Waals surface area contributed by atoms with Crippen molar-refractivity contribution in [2.24, 2.45) is 0 Å². The Morgan fingerprint density at radius 2 is 2.10 bits per heavy atom. The summed E-state index contributed by atoms with van der Waals surface area (Å²) in [5.41, 5.74) is 2.95. The highest BCUT2D eigenvalue weighted by molar-refractivity contribution is 9.10. The van der Waals surface area contributed by atoms with Gasteiger partial charge in [0.05, 0.1) is 16.1 Å². The topological polar surface area (TPSA) is 71.0 Å². The number of nitrogens with zero attached hydrogens (tertiary/aromatic N) is 1. The number of H-pyrrole nitrogens is 1. The molecule has 0 fully saturated rings. The van der Waals surface area contributed by atoms with Crippen molar-refractivity contribution in [3.63, 3.8) is 0 Å². The second-order valence-electron chi connectivity index (χ2n) is 4.63. The summed E-state index contributed by atoms with van der Waals surface area (Å²) in [5.74, 6) is 0. The molecule has 0 saturated heterocycles. The molecule has 0 amide bonds. The summed E-state index contributed by atoms with van der Waals surface area (Å²) in [7, 11) is 0. The Balaban J connectivity index is 1.86. The Kier molecular flexibility index (Phi) is 3.62. The lowest BCUT2D eigenvalue weighted by atomic mass is 10.1. The number of para-hydroxylation sites is 1. The van der Waals surface area contributed by atoms with Crippen molar-refractivity contribution in [2.75, 3.05) is 5.32 Å². The van der Waals surface area contributed by atoms with E-state index in [0.717, 1.165) is 20.9 Å². The fourth-order valence-electron chi connectivity index (χ4n) is 2.25. The fourth-order valence-corrected chi connectivity index (χ4v) is 2.64. The van der Waals surface area contributed by atoms with E-state index in [0.29, 0.717) is 12.2 Å². The number of nitrogens with one attached hydrogen (secondary N) is 2. The van der Waals surface area contributed by atoms with Crippen LogP contribution in [0.3, 0.4) is 0 Å². The first-order chi connectivity index (χ1) is 10.1. The third kappa shape index (κ3) is 2.75. The number of non-ortho nitro benzene ring substituents is 1. The first-order valence-electron chi connectivity index (χ1n) is 6.38. The molecule has 0 radical (unpaired) electrons. The Labute approximate surface area is 129 Å². The van der Waals surface area contributed by atoms with Crippen molar-refractivity contribution < 1.29 is 4.92 Å². The highest BCUT2D eigenvalue weighted by Gasteiger charge is 2.10. The van der Waals surface area contributed by atoms with Gasteiger partial charge in [-0.2, -0.15) is 0 Å². The molecule has 5 nitrogen and oxygen atoms in total. The van der Waals surface area contributed by atoms with Crippen molar-refractivity contribution >= 4 is 38.2 Å². The van der Waals surface area contributed by atoms with E-state index in [1.807, 2.05) is 30.5 Å². The molecule has 0 spiro atoms. The van der Waals surface area contributed by atoms with Gasteiger partial charge >= 0.3 is 0 Å². The molecule has 2 aromatic carbocycles. The average Bonchev–Trinajstić information content (AvgIpc) is 2.95. The van der Waals surface area contributed by atoms with Crippen molar-refractivity contribution in [1.29, 1.82) is 0 Å². The standard InChI is InChI=1S/C15H12BrN3O2/c16-13-5-4-12(19(20)21)8-14(13)18-9-11-3-1-2-10-6-7-17-15(10)11/h1-8,17-18H,9H2. The summed E-state index contributed by atoms with van der Waals surface area (Å²) >= 11 is 3.40. The van der Waals surface area contributed by atoms with Crippen LogP contribution in [0.15, 0.2) is 53.1 Å². The summed E-state index contributed by atoms with van der Waals surface area (Å²) in [5, 5.41) is 15.2. The third-order valence-electron chi connectivity index (χ3n) is 3.30. The second-order valence-corrected chi connectivity index (χ2v) is 5.49. The maximum Gasteiger partial charge on any atom is 0.271 e. The van der Waals surface area contributed by atoms with Crippen molar-refractivity contribution in [3.8, 4) is 0 Å². The van der Waals surface area contributed by atoms with Gasteiger partial charge in [0.1, 0.15) is 0 Å². The number of aromatic nitrogens is 1. The van der Waals surface area contributed by atoms with Crippen LogP contribution >= 0.6 is 15.9 Å². The molecular formula is C15H12BrN3O2. The Hall–Kier alpha value is -2.34. The number of anilines is 1. The van der Waals surface area contributed by atoms with Crippen LogP contribution in [-0.2, 0) is 6.54 Å². The molecular weight excluding hydrogens is 334 g/mol. The predicted molar refractivity (Wildman–Crippen MR) is 86.4 cm³/mol. The van der Waals surface area contributed by atoms with Crippen LogP contribution in [-0.4, -0.2) is 9.91 Å². The molecule has 0 aliphatic rings. The number of nitro groups is 1. The van der Waals surface area contributed by atoms with E-state index < -0.39 is 4.92 Å². The number of hydrogen-bond acceptors (Lipinski definition) is 3. The minimum absolute atomic E-state index is 0.0683. The van der Waals surface area contributed by atoms with Crippen LogP contribution in [0.5, 0.6) is 0 Å². The van der Waals surface area contributed by atoms with Crippen molar-refractivity contribution in [3.05, 3.63) is 68.8 Å². The van der Waals surface area contributed by atoms with E-state index in [1.54, 1.807) is 6.07 Å². The van der Waals surface area contributed by atoms with Crippen LogP contribution in [0.2, 0.25) is 0 Å². The lowest BCUT2D eigenvalue weighted by molar-refractivity contribution is -0.384. The Bertz CT molecular complexity index is 814. The molecule has 0 bridgehead atoms. The molecule has 21 heavy (non-hydrogen) atoms. The van der Waals surface area contributed by atoms with E-state index in [-0.39, 0.29) is 5.69 Å². The van der Waals surface area contributed by atoms with E-state index in [1.165, 1.54) is 12.1 Å². The first-order valence-corrected chi connectivity index (χ1v) is 7.17. The number of nitro benzene ring substituents is 1. The van der Waals surface area contributed by atoms with Gasteiger partial charge in [0.2, 0.25) is 0 Å². The zero-order valence-electron chi connectivity index (χ0n) is 11.0. The number of aromatic amines is 1. The lowest BCUT2D eigenvalue weighted by Gasteiger charge is -2.09. The Morgan fingerprint density at radius 3 is 2.90 bits per heavy atom. The summed E-state index contributed by atoms with van der Waals surface area (Å²) in [4.78, 5) is 13.6. The molecule has 2 N–H and O–H groups in total. The number of fused-ring (bicyclic) bond motifs is 1. The van der Waals surface area contributed by atoms with Gasteiger partial charge in [-0.1, -0.05) is 18.2 Å². The zero-order valence-corrected chi connectivity index (χ0v) is 12.6. The minimum Gasteiger partial charge on any atom is -0.380 e. The van der Waals surface area contributed by atoms with Gasteiger partial charge in [0, 0.05) is 29.3 Å². The van der Waals surface area contributed by atoms with Crippen LogP contribution in [0.4, 0.5) is 11.4 Å². The highest BCUT2D eigenvalue weighted by atomic mass is 79.9. The van der Waals surface area contributed by atoms with Gasteiger partial charge in [-0.15, -0.1) is 0 Å². The van der Waals surface area contributed by atoms with Crippen molar-refractivity contribution in [2.45, 2.75) is 6.54 Å². The molecule has 0 atom stereocenters. The number of hydrogen-bond donors (Lipinski definition) is 2. The fraction of sp³-hybridized carbons (Fsp3) is 0.0667. The van der Waals surface area contributed by atoms with Gasteiger partial charge in [0.25, 0.3) is 5.69 Å². The summed E-state index contributed by atoms with van der Waals surface area (Å²) in [6.45, 7) is 0.581. The zero-order chi connectivity index (χ0) is 14.8. The summed E-state index contributed by atoms with van der Waals surface area (Å²) in [6, 6.07) is 12.8. The van der Waals surface area contributed by atoms with E-state index in [9.17, 15) is 10.1 Å². The third-order valence-corrected chi connectivity index (χ3v) is 4.00. The maximum atomic E-state index is 10.8. The molecule has 6 heteroatoms. The van der Waals surface area contributed by atoms with Crippen molar-refractivity contribution in [1.82, 2.24) is 4.98 Å². The van der Waals surface area contributed by atoms with Gasteiger partial charge in [-0.25, -0.2) is 0 Å². The van der Waals surface area contributed by atoms with E-state index >= 15 is 0 Å². The van der Waals surface area contributed by atoms with Crippen LogP contribution in [0.1, 0.15) is 5.56 Å². The number of benzene rings is 2. The van der Waals surface area contributed by atoms with Gasteiger partial charge < -0.3 is 10.3 Å². The minimum atomic E-state index is -0.399. The quantitative estimate of drug-likeness (QED) is 0.542. The van der Waals surface area contributed by atoms with E-state index in [2.05, 4.69) is 26.2 Å². The molecule has 1 heterocycles. The largest absolute Gasteiger partial charge is 0.380 e. The molecule has 0 unspecified atom stereocenters. The van der Waals surface area contributed by atoms with Crippen LogP contribution in [0, 0.1) is 10.1 Å². The molecule has 0 saturated carbocycles. The number of halogens is 1. The lowest BCUT2D eigenvalue weighted by Crippen LogP contribution is -2.01. The highest BCUT2D eigenvalue weighted by Crippen LogP contribution is 2.28. The summed E-state index contributed by atoms with van der Waals surface area (Å²) < 4.78 is 0.798. The van der Waals surface area contributed by atoms with Crippen LogP contribution in [0.25, 0.3) is 10.9 Å². The molecule has 106 valence electrons. The molecule has 3 rings (SSSR count). The monoisotopic (exact) mass is 345 g/mol. The van der Waals surface area contributed by atoms with Gasteiger partial charge in [0.15, 0.2) is 0 Å². The first kappa shape index (κ1) is 13.6. The van der Waals surface area contributed by atoms with Gasteiger partial charge in [-0.05, 0) is 39.0 Å². The normalized spacial score (nSPS) is 10.7. The average molecular weight is 346 g/mol. The van der Waals surface area contributed by atoms with E-state index in [4.69, 9.17) is 0 Å². The molecule has 0 aliphatic heterocycles. The smallest absolute Gasteiger partial charge is 0.271 e. The maximum absolute atomic E-state index is 10.8. The van der Waals surface area contributed by atoms with Crippen LogP contribution < -0.4 is 5.32 Å². The molecule has 0 aliphatic carbocycles. The molecule has 3 aromatic rings. The second kappa shape index (κ2) is 5.57. The van der Waals surface area contributed by atoms with Gasteiger partial charge in [-0.3, -0.25) is 10.1 Å². The Morgan fingerprint density at radius 1 is 1.24 bits per heavy atom. The summed E-state index contributed by atoms with van der Waals surface area (Å²) in [6.07, 6.45) is 1.90. The number of rotatable bonds is 4. The SMILES string of the molecule is O=[N+]([O-])c1ccc(Br)c(NCc2cccc3cc[nH]c23)c1.